The van der Waals surface area contributed by atoms with E-state index in [-0.39, 0.29) is 12.5 Å². The van der Waals surface area contributed by atoms with Crippen LogP contribution in [0.4, 0.5) is 4.79 Å². The molecule has 9 nitrogen and oxygen atoms in total. The van der Waals surface area contributed by atoms with E-state index in [1.807, 2.05) is 29.6 Å². The van der Waals surface area contributed by atoms with Gasteiger partial charge in [0.25, 0.3) is 11.8 Å². The van der Waals surface area contributed by atoms with Gasteiger partial charge in [0.2, 0.25) is 0 Å². The van der Waals surface area contributed by atoms with Gasteiger partial charge in [-0.3, -0.25) is 14.5 Å². The summed E-state index contributed by atoms with van der Waals surface area (Å²) in [7, 11) is 3.12. The van der Waals surface area contributed by atoms with Gasteiger partial charge in [-0.2, -0.15) is 5.10 Å². The maximum absolute atomic E-state index is 13.5. The molecule has 3 aliphatic rings. The number of hydrogen-bond donors (Lipinski definition) is 1. The monoisotopic (exact) mass is 482 g/mol. The van der Waals surface area contributed by atoms with Crippen LogP contribution >= 0.6 is 11.3 Å². The second-order valence-electron chi connectivity index (χ2n) is 8.71. The molecule has 1 aromatic carbocycles. The molecule has 2 fully saturated rings. The number of hydrazone groups is 1. The number of nitrogens with zero attached hydrogens (tertiary/aromatic N) is 3. The molecule has 1 spiro atoms. The Labute approximate surface area is 201 Å². The summed E-state index contributed by atoms with van der Waals surface area (Å²) >= 11 is 1.55. The lowest BCUT2D eigenvalue weighted by atomic mass is 9.98. The van der Waals surface area contributed by atoms with E-state index in [2.05, 4.69) is 10.4 Å². The van der Waals surface area contributed by atoms with E-state index in [4.69, 9.17) is 9.47 Å². The summed E-state index contributed by atoms with van der Waals surface area (Å²) in [5.74, 6) is 0.412. The minimum absolute atomic E-state index is 0.312. The van der Waals surface area contributed by atoms with Gasteiger partial charge in [0.05, 0.1) is 30.9 Å². The number of imide groups is 1. The lowest BCUT2D eigenvalue weighted by molar-refractivity contribution is -0.140. The van der Waals surface area contributed by atoms with Gasteiger partial charge in [-0.05, 0) is 42.0 Å². The zero-order valence-corrected chi connectivity index (χ0v) is 19.9. The van der Waals surface area contributed by atoms with Gasteiger partial charge >= 0.3 is 6.03 Å². The Hall–Kier alpha value is -3.40. The van der Waals surface area contributed by atoms with Gasteiger partial charge in [-0.15, -0.1) is 11.3 Å². The molecule has 1 saturated carbocycles. The van der Waals surface area contributed by atoms with Gasteiger partial charge in [-0.25, -0.2) is 9.80 Å². The van der Waals surface area contributed by atoms with Crippen molar-refractivity contribution in [2.24, 2.45) is 5.10 Å². The normalized spacial score (nSPS) is 21.2. The van der Waals surface area contributed by atoms with E-state index < -0.39 is 23.5 Å². The number of carbonyl (C=O) groups is 3. The molecular formula is C24H26N4O5S. The van der Waals surface area contributed by atoms with E-state index >= 15 is 0 Å². The molecule has 1 saturated heterocycles. The molecule has 178 valence electrons. The minimum atomic E-state index is -0.851. The number of nitrogens with one attached hydrogen (secondary N) is 1. The molecule has 10 heteroatoms. The molecule has 2 aromatic rings. The average molecular weight is 483 g/mol. The van der Waals surface area contributed by atoms with Crippen LogP contribution in [0.1, 0.15) is 48.6 Å². The fourth-order valence-electron chi connectivity index (χ4n) is 5.00. The van der Waals surface area contributed by atoms with Crippen molar-refractivity contribution in [3.8, 4) is 11.5 Å². The van der Waals surface area contributed by atoms with Crippen LogP contribution in [-0.2, 0) is 9.59 Å². The molecule has 3 heterocycles. The first kappa shape index (κ1) is 22.4. The number of carbonyl (C=O) groups excluding carboxylic acids is 3. The summed E-state index contributed by atoms with van der Waals surface area (Å²) in [6.45, 7) is -0.350. The summed E-state index contributed by atoms with van der Waals surface area (Å²) in [4.78, 5) is 41.1. The van der Waals surface area contributed by atoms with Crippen molar-refractivity contribution >= 4 is 34.9 Å². The first-order chi connectivity index (χ1) is 16.5. The van der Waals surface area contributed by atoms with E-state index in [9.17, 15) is 14.4 Å². The van der Waals surface area contributed by atoms with Crippen LogP contribution in [0.5, 0.6) is 11.5 Å². The predicted octanol–water partition coefficient (Wildman–Crippen LogP) is 3.31. The third kappa shape index (κ3) is 3.71. The van der Waals surface area contributed by atoms with Gasteiger partial charge < -0.3 is 14.8 Å². The highest BCUT2D eigenvalue weighted by Crippen LogP contribution is 2.39. The van der Waals surface area contributed by atoms with Crippen LogP contribution in [0.15, 0.2) is 40.8 Å². The quantitative estimate of drug-likeness (QED) is 0.637. The lowest BCUT2D eigenvalue weighted by Crippen LogP contribution is -2.45. The van der Waals surface area contributed by atoms with Crippen LogP contribution in [0.2, 0.25) is 0 Å². The molecule has 1 aromatic heterocycles. The maximum atomic E-state index is 13.5. The van der Waals surface area contributed by atoms with Gasteiger partial charge in [0, 0.05) is 6.42 Å². The highest BCUT2D eigenvalue weighted by atomic mass is 32.1. The van der Waals surface area contributed by atoms with E-state index in [0.717, 1.165) is 33.9 Å². The Bertz CT molecular complexity index is 1160. The summed E-state index contributed by atoms with van der Waals surface area (Å²) in [6, 6.07) is 8.49. The molecule has 0 radical (unpaired) electrons. The molecule has 1 N–H and O–H groups in total. The fraction of sp³-hybridized carbons (Fsp3) is 0.417. The zero-order valence-electron chi connectivity index (χ0n) is 19.1. The molecule has 2 aliphatic heterocycles. The molecule has 34 heavy (non-hydrogen) atoms. The summed E-state index contributed by atoms with van der Waals surface area (Å²) in [5.41, 5.74) is 0.759. The Morgan fingerprint density at radius 3 is 2.62 bits per heavy atom. The number of rotatable bonds is 6. The van der Waals surface area contributed by atoms with Crippen molar-refractivity contribution in [3.05, 3.63) is 46.2 Å². The van der Waals surface area contributed by atoms with E-state index in [0.29, 0.717) is 30.8 Å². The van der Waals surface area contributed by atoms with Gasteiger partial charge in [0.1, 0.15) is 12.1 Å². The van der Waals surface area contributed by atoms with Crippen LogP contribution < -0.4 is 14.8 Å². The van der Waals surface area contributed by atoms with Crippen molar-refractivity contribution in [1.82, 2.24) is 15.2 Å². The average Bonchev–Trinajstić information content (AvgIpc) is 3.64. The number of amides is 4. The smallest absolute Gasteiger partial charge is 0.325 e. The lowest BCUT2D eigenvalue weighted by Gasteiger charge is -2.25. The van der Waals surface area contributed by atoms with Crippen LogP contribution in [-0.4, -0.2) is 59.8 Å². The van der Waals surface area contributed by atoms with Crippen molar-refractivity contribution in [3.63, 3.8) is 0 Å². The first-order valence-corrected chi connectivity index (χ1v) is 12.1. The molecule has 0 bridgehead atoms. The largest absolute Gasteiger partial charge is 0.493 e. The highest BCUT2D eigenvalue weighted by Gasteiger charge is 2.53. The third-order valence-electron chi connectivity index (χ3n) is 6.76. The number of urea groups is 1. The Morgan fingerprint density at radius 1 is 1.18 bits per heavy atom. The second kappa shape index (κ2) is 8.75. The Balaban J connectivity index is 1.43. The number of thiophene rings is 1. The van der Waals surface area contributed by atoms with Crippen molar-refractivity contribution in [2.75, 3.05) is 20.8 Å². The van der Waals surface area contributed by atoms with Crippen molar-refractivity contribution in [1.29, 1.82) is 0 Å². The van der Waals surface area contributed by atoms with Crippen LogP contribution in [0.25, 0.3) is 0 Å². The number of ether oxygens (including phenoxy) is 2. The van der Waals surface area contributed by atoms with Crippen LogP contribution in [0, 0.1) is 0 Å². The number of benzene rings is 1. The predicted molar refractivity (Wildman–Crippen MR) is 126 cm³/mol. The number of methoxy groups -OCH3 is 2. The molecular weight excluding hydrogens is 456 g/mol. The van der Waals surface area contributed by atoms with Gasteiger partial charge in [0.15, 0.2) is 11.5 Å². The summed E-state index contributed by atoms with van der Waals surface area (Å²) < 4.78 is 10.8. The summed E-state index contributed by atoms with van der Waals surface area (Å²) in [5, 5.41) is 10.8. The molecule has 4 amide bonds. The topological polar surface area (TPSA) is 101 Å². The third-order valence-corrected chi connectivity index (χ3v) is 7.68. The Kier molecular flexibility index (Phi) is 5.76. The molecule has 1 aliphatic carbocycles. The van der Waals surface area contributed by atoms with E-state index in [1.165, 1.54) is 5.01 Å². The standard InChI is InChI=1S/C24H26N4O5S/c1-32-18-8-7-15(12-19(18)33-2)17-13-16(20-6-5-11-34-20)26-28(17)21(29)14-27-22(30)24(25-23(27)31)9-3-4-10-24/h5-8,11-12,17H,3-4,9-10,13-14H2,1-2H3,(H,25,31)/t17-/m1/s1. The first-order valence-electron chi connectivity index (χ1n) is 11.3. The zero-order chi connectivity index (χ0) is 23.9. The molecule has 0 unspecified atom stereocenters. The van der Waals surface area contributed by atoms with Gasteiger partial charge in [-0.1, -0.05) is 25.0 Å². The van der Waals surface area contributed by atoms with Crippen molar-refractivity contribution in [2.45, 2.75) is 43.7 Å². The number of hydrogen-bond acceptors (Lipinski definition) is 7. The molecule has 5 rings (SSSR count). The SMILES string of the molecule is COc1ccc([C@H]2CC(c3cccs3)=NN2C(=O)CN2C(=O)NC3(CCCC3)C2=O)cc1OC. The Morgan fingerprint density at radius 2 is 1.94 bits per heavy atom. The highest BCUT2D eigenvalue weighted by molar-refractivity contribution is 7.12. The van der Waals surface area contributed by atoms with E-state index in [1.54, 1.807) is 31.6 Å². The fourth-order valence-corrected chi connectivity index (χ4v) is 5.72. The summed E-state index contributed by atoms with van der Waals surface area (Å²) in [6.07, 6.45) is 3.50. The second-order valence-corrected chi connectivity index (χ2v) is 9.66. The van der Waals surface area contributed by atoms with Crippen LogP contribution in [0.3, 0.4) is 0 Å². The van der Waals surface area contributed by atoms with Crippen molar-refractivity contribution < 1.29 is 23.9 Å². The minimum Gasteiger partial charge on any atom is -0.493 e. The molecule has 1 atom stereocenters. The maximum Gasteiger partial charge on any atom is 0.325 e.